The van der Waals surface area contributed by atoms with Gasteiger partial charge in [0.25, 0.3) is 21.8 Å². The SMILES string of the molecule is COc1ccc(N2C(=O)C(N=Nc3ccc(S(=O)(=O)Nc4ncccn4)cc3)C(=O)N(c3ccccc3)C2=S)cc1. The molecule has 0 saturated carbocycles. The average molecular weight is 588 g/mol. The highest BCUT2D eigenvalue weighted by Gasteiger charge is 2.45. The number of carbonyl (C=O) groups excluding carboxylic acids is 2. The molecule has 0 radical (unpaired) electrons. The molecule has 12 nitrogen and oxygen atoms in total. The summed E-state index contributed by atoms with van der Waals surface area (Å²) in [5.41, 5.74) is 1.09. The van der Waals surface area contributed by atoms with Crippen LogP contribution in [-0.2, 0) is 19.6 Å². The van der Waals surface area contributed by atoms with Gasteiger partial charge in [0.1, 0.15) is 5.75 Å². The average Bonchev–Trinajstić information content (AvgIpc) is 2.98. The van der Waals surface area contributed by atoms with Gasteiger partial charge in [-0.05, 0) is 78.9 Å². The molecule has 1 saturated heterocycles. The van der Waals surface area contributed by atoms with Crippen molar-refractivity contribution in [3.8, 4) is 5.75 Å². The van der Waals surface area contributed by atoms with Crippen molar-refractivity contribution in [3.63, 3.8) is 0 Å². The first-order valence-corrected chi connectivity index (χ1v) is 13.9. The summed E-state index contributed by atoms with van der Waals surface area (Å²) in [7, 11) is -2.44. The predicted molar refractivity (Wildman–Crippen MR) is 155 cm³/mol. The van der Waals surface area contributed by atoms with Crippen molar-refractivity contribution in [3.05, 3.63) is 97.3 Å². The Balaban J connectivity index is 1.43. The fraction of sp³-hybridized carbons (Fsp3) is 0.0741. The highest BCUT2D eigenvalue weighted by Crippen LogP contribution is 2.30. The van der Waals surface area contributed by atoms with E-state index in [1.807, 2.05) is 0 Å². The molecular formula is C27H21N7O5S2. The molecule has 4 aromatic rings. The topological polar surface area (TPSA) is 147 Å². The van der Waals surface area contributed by atoms with Crippen molar-refractivity contribution >= 4 is 62.2 Å². The predicted octanol–water partition coefficient (Wildman–Crippen LogP) is 4.10. The van der Waals surface area contributed by atoms with E-state index in [1.54, 1.807) is 60.7 Å². The fourth-order valence-corrected chi connectivity index (χ4v) is 5.22. The zero-order chi connectivity index (χ0) is 29.0. The van der Waals surface area contributed by atoms with Crippen LogP contribution in [-0.4, -0.2) is 48.5 Å². The fourth-order valence-electron chi connectivity index (χ4n) is 3.87. The highest BCUT2D eigenvalue weighted by atomic mass is 32.2. The van der Waals surface area contributed by atoms with Crippen LogP contribution in [0.4, 0.5) is 23.0 Å². The van der Waals surface area contributed by atoms with Gasteiger partial charge in [-0.1, -0.05) is 18.2 Å². The third kappa shape index (κ3) is 5.78. The number of nitrogens with one attached hydrogen (secondary N) is 1. The van der Waals surface area contributed by atoms with Crippen LogP contribution in [0.5, 0.6) is 5.75 Å². The zero-order valence-electron chi connectivity index (χ0n) is 21.4. The first kappa shape index (κ1) is 27.5. The van der Waals surface area contributed by atoms with E-state index in [4.69, 9.17) is 17.0 Å². The Hall–Kier alpha value is -5.08. The minimum atomic E-state index is -3.96. The number of carbonyl (C=O) groups is 2. The summed E-state index contributed by atoms with van der Waals surface area (Å²) in [4.78, 5) is 37.2. The van der Waals surface area contributed by atoms with Gasteiger partial charge < -0.3 is 4.74 Å². The van der Waals surface area contributed by atoms with Gasteiger partial charge in [0.05, 0.1) is 29.1 Å². The minimum absolute atomic E-state index is 0.0349. The second-order valence-electron chi connectivity index (χ2n) is 8.45. The lowest BCUT2D eigenvalue weighted by Gasteiger charge is -2.37. The number of hydrogen-bond donors (Lipinski definition) is 1. The van der Waals surface area contributed by atoms with E-state index in [0.29, 0.717) is 17.1 Å². The van der Waals surface area contributed by atoms with Gasteiger partial charge in [0.2, 0.25) is 12.0 Å². The first-order chi connectivity index (χ1) is 19.8. The second-order valence-corrected chi connectivity index (χ2v) is 10.5. The van der Waals surface area contributed by atoms with E-state index in [2.05, 4.69) is 24.9 Å². The molecule has 0 spiro atoms. The molecule has 1 atom stereocenters. The Morgan fingerprint density at radius 2 is 1.41 bits per heavy atom. The summed E-state index contributed by atoms with van der Waals surface area (Å²) in [5.74, 6) is -0.862. The van der Waals surface area contributed by atoms with E-state index in [0.717, 1.165) is 0 Å². The molecule has 1 aromatic heterocycles. The van der Waals surface area contributed by atoms with Crippen molar-refractivity contribution in [1.29, 1.82) is 0 Å². The van der Waals surface area contributed by atoms with Crippen LogP contribution >= 0.6 is 12.2 Å². The number of benzene rings is 3. The van der Waals surface area contributed by atoms with Gasteiger partial charge in [-0.3, -0.25) is 19.4 Å². The Morgan fingerprint density at radius 3 is 2.00 bits per heavy atom. The number of amides is 2. The second kappa shape index (κ2) is 11.6. The van der Waals surface area contributed by atoms with Gasteiger partial charge in [-0.15, -0.1) is 0 Å². The van der Waals surface area contributed by atoms with Crippen molar-refractivity contribution in [2.24, 2.45) is 10.2 Å². The molecule has 1 aliphatic heterocycles. The summed E-state index contributed by atoms with van der Waals surface area (Å²) in [6.07, 6.45) is 2.81. The standard InChI is InChI=1S/C27H21N7O5S2/c1-39-21-12-10-20(11-13-21)34-25(36)23(24(35)33(27(34)40)19-6-3-2-4-7-19)31-30-18-8-14-22(15-9-18)41(37,38)32-26-28-16-5-17-29-26/h2-17,23H,1H3,(H,28,29,32). The number of nitrogens with zero attached hydrogens (tertiary/aromatic N) is 6. The Morgan fingerprint density at radius 1 is 0.829 bits per heavy atom. The van der Waals surface area contributed by atoms with Crippen LogP contribution in [0.3, 0.4) is 0 Å². The van der Waals surface area contributed by atoms with Crippen LogP contribution in [0.2, 0.25) is 0 Å². The summed E-state index contributed by atoms with van der Waals surface area (Å²) < 4.78 is 32.8. The van der Waals surface area contributed by atoms with Gasteiger partial charge in [-0.25, -0.2) is 23.1 Å². The molecule has 2 heterocycles. The third-order valence-corrected chi connectivity index (χ3v) is 7.57. The summed E-state index contributed by atoms with van der Waals surface area (Å²) in [6.45, 7) is 0. The monoisotopic (exact) mass is 587 g/mol. The number of methoxy groups -OCH3 is 1. The molecule has 1 aliphatic rings. The van der Waals surface area contributed by atoms with E-state index >= 15 is 0 Å². The maximum Gasteiger partial charge on any atom is 0.269 e. The van der Waals surface area contributed by atoms with Gasteiger partial charge in [0, 0.05) is 12.4 Å². The third-order valence-electron chi connectivity index (χ3n) is 5.86. The van der Waals surface area contributed by atoms with Gasteiger partial charge >= 0.3 is 0 Å². The lowest BCUT2D eigenvalue weighted by atomic mass is 10.1. The highest BCUT2D eigenvalue weighted by molar-refractivity contribution is 7.92. The van der Waals surface area contributed by atoms with Gasteiger partial charge in [0.15, 0.2) is 5.11 Å². The zero-order valence-corrected chi connectivity index (χ0v) is 23.0. The summed E-state index contributed by atoms with van der Waals surface area (Å²) in [6, 6.07) is 20.7. The largest absolute Gasteiger partial charge is 0.497 e. The molecule has 0 aliphatic carbocycles. The van der Waals surface area contributed by atoms with Crippen molar-refractivity contribution in [1.82, 2.24) is 9.97 Å². The quantitative estimate of drug-likeness (QED) is 0.184. The molecule has 1 fully saturated rings. The maximum absolute atomic E-state index is 13.6. The number of rotatable bonds is 8. The molecule has 206 valence electrons. The minimum Gasteiger partial charge on any atom is -0.497 e. The molecule has 3 aromatic carbocycles. The van der Waals surface area contributed by atoms with Crippen LogP contribution in [0.25, 0.3) is 0 Å². The van der Waals surface area contributed by atoms with Crippen molar-refractivity contribution in [2.75, 3.05) is 21.6 Å². The first-order valence-electron chi connectivity index (χ1n) is 12.0. The number of para-hydroxylation sites is 1. The van der Waals surface area contributed by atoms with Crippen molar-refractivity contribution in [2.45, 2.75) is 10.9 Å². The molecule has 14 heteroatoms. The molecule has 5 rings (SSSR count). The Kier molecular flexibility index (Phi) is 7.76. The van der Waals surface area contributed by atoms with Crippen LogP contribution < -0.4 is 19.3 Å². The Labute approximate surface area is 240 Å². The lowest BCUT2D eigenvalue weighted by molar-refractivity contribution is -0.128. The molecular weight excluding hydrogens is 566 g/mol. The molecule has 1 N–H and O–H groups in total. The number of thiocarbonyl (C=S) groups is 1. The van der Waals surface area contributed by atoms with Crippen LogP contribution in [0.15, 0.2) is 112 Å². The Bertz CT molecular complexity index is 1720. The number of sulfonamides is 1. The number of ether oxygens (including phenoxy) is 1. The summed E-state index contributed by atoms with van der Waals surface area (Å²) in [5, 5.41) is 8.11. The number of anilines is 3. The van der Waals surface area contributed by atoms with Crippen molar-refractivity contribution < 1.29 is 22.7 Å². The van der Waals surface area contributed by atoms with E-state index < -0.39 is 27.9 Å². The normalized spacial score (nSPS) is 15.8. The lowest BCUT2D eigenvalue weighted by Crippen LogP contribution is -2.62. The maximum atomic E-state index is 13.6. The van der Waals surface area contributed by atoms with Crippen LogP contribution in [0, 0.1) is 0 Å². The molecule has 41 heavy (non-hydrogen) atoms. The summed E-state index contributed by atoms with van der Waals surface area (Å²) >= 11 is 5.59. The van der Waals surface area contributed by atoms with Crippen LogP contribution in [0.1, 0.15) is 0 Å². The smallest absolute Gasteiger partial charge is 0.269 e. The van der Waals surface area contributed by atoms with E-state index in [-0.39, 0.29) is 21.6 Å². The van der Waals surface area contributed by atoms with E-state index in [9.17, 15) is 18.0 Å². The number of aromatic nitrogens is 2. The molecule has 2 amide bonds. The number of hydrogen-bond acceptors (Lipinski definition) is 10. The molecule has 0 bridgehead atoms. The molecule has 1 unspecified atom stereocenters. The number of azo groups is 1. The van der Waals surface area contributed by atoms with Gasteiger partial charge in [-0.2, -0.15) is 10.2 Å². The van der Waals surface area contributed by atoms with E-state index in [1.165, 1.54) is 53.6 Å².